The Bertz CT molecular complexity index is 542. The molecule has 0 heterocycles. The number of methoxy groups -OCH3 is 1. The van der Waals surface area contributed by atoms with Crippen LogP contribution in [0.5, 0.6) is 0 Å². The van der Waals surface area contributed by atoms with Gasteiger partial charge in [-0.2, -0.15) is 0 Å². The Hall–Kier alpha value is -1.68. The average Bonchev–Trinajstić information content (AvgIpc) is 2.66. The van der Waals surface area contributed by atoms with E-state index in [4.69, 9.17) is 4.74 Å². The summed E-state index contributed by atoms with van der Waals surface area (Å²) in [6.07, 6.45) is 0. The molecule has 0 aromatic heterocycles. The van der Waals surface area contributed by atoms with Crippen molar-refractivity contribution in [1.82, 2.24) is 4.90 Å². The molecule has 0 spiro atoms. The summed E-state index contributed by atoms with van der Waals surface area (Å²) in [5.41, 5.74) is 0.733. The predicted molar refractivity (Wildman–Crippen MR) is 99.0 cm³/mol. The number of aliphatic hydroxyl groups is 1. The van der Waals surface area contributed by atoms with E-state index in [1.807, 2.05) is 60.7 Å². The Morgan fingerprint density at radius 3 is 1.75 bits per heavy atom. The van der Waals surface area contributed by atoms with E-state index in [0.717, 1.165) is 30.8 Å². The lowest BCUT2D eigenvalue weighted by Gasteiger charge is -2.39. The molecule has 2 rings (SSSR count). The first-order valence-corrected chi connectivity index (χ1v) is 8.71. The van der Waals surface area contributed by atoms with Crippen LogP contribution in [0.2, 0.25) is 0 Å². The van der Waals surface area contributed by atoms with Gasteiger partial charge in [0.2, 0.25) is 0 Å². The van der Waals surface area contributed by atoms with Crippen molar-refractivity contribution in [2.24, 2.45) is 5.92 Å². The molecule has 0 aliphatic carbocycles. The predicted octanol–water partition coefficient (Wildman–Crippen LogP) is 3.53. The molecule has 0 saturated heterocycles. The van der Waals surface area contributed by atoms with Gasteiger partial charge in [0.1, 0.15) is 5.60 Å². The van der Waals surface area contributed by atoms with Crippen LogP contribution in [0.25, 0.3) is 0 Å². The second kappa shape index (κ2) is 8.97. The van der Waals surface area contributed by atoms with Gasteiger partial charge in [-0.1, -0.05) is 74.5 Å². The average molecular weight is 327 g/mol. The molecule has 3 heteroatoms. The topological polar surface area (TPSA) is 32.7 Å². The lowest BCUT2D eigenvalue weighted by molar-refractivity contribution is -0.0336. The molecule has 0 aliphatic heterocycles. The van der Waals surface area contributed by atoms with E-state index in [-0.39, 0.29) is 5.92 Å². The number of ether oxygens (including phenoxy) is 1. The van der Waals surface area contributed by atoms with Gasteiger partial charge in [-0.25, -0.2) is 0 Å². The summed E-state index contributed by atoms with van der Waals surface area (Å²) in [4.78, 5) is 2.33. The maximum Gasteiger partial charge on any atom is 0.121 e. The Balaban J connectivity index is 2.50. The maximum atomic E-state index is 11.9. The first kappa shape index (κ1) is 18.7. The summed E-state index contributed by atoms with van der Waals surface area (Å²) in [6, 6.07) is 19.9. The number of rotatable bonds is 9. The standard InChI is InChI=1S/C21H29NO2/c1-4-22(5-2)16-20(17-24-3)21(23,18-12-8-6-9-13-18)19-14-10-7-11-15-19/h6-15,20,23H,4-5,16-17H2,1-3H3. The van der Waals surface area contributed by atoms with Gasteiger partial charge in [-0.15, -0.1) is 0 Å². The van der Waals surface area contributed by atoms with Gasteiger partial charge in [-0.3, -0.25) is 0 Å². The number of hydrogen-bond acceptors (Lipinski definition) is 3. The summed E-state index contributed by atoms with van der Waals surface area (Å²) in [5, 5.41) is 11.9. The first-order valence-electron chi connectivity index (χ1n) is 8.71. The molecule has 2 aromatic rings. The molecule has 1 atom stereocenters. The lowest BCUT2D eigenvalue weighted by Crippen LogP contribution is -2.45. The first-order chi connectivity index (χ1) is 11.7. The van der Waals surface area contributed by atoms with Crippen LogP contribution >= 0.6 is 0 Å². The monoisotopic (exact) mass is 327 g/mol. The van der Waals surface area contributed by atoms with Gasteiger partial charge in [0.05, 0.1) is 6.61 Å². The van der Waals surface area contributed by atoms with Crippen LogP contribution in [0.1, 0.15) is 25.0 Å². The Kier molecular flexibility index (Phi) is 6.98. The summed E-state index contributed by atoms with van der Waals surface area (Å²) < 4.78 is 5.50. The SMILES string of the molecule is CCN(CC)CC(COC)C(O)(c1ccccc1)c1ccccc1. The van der Waals surface area contributed by atoms with Gasteiger partial charge in [0.25, 0.3) is 0 Å². The van der Waals surface area contributed by atoms with Crippen molar-refractivity contribution in [1.29, 1.82) is 0 Å². The Labute approximate surface area is 145 Å². The zero-order chi connectivity index (χ0) is 17.4. The van der Waals surface area contributed by atoms with Crippen molar-refractivity contribution in [2.45, 2.75) is 19.4 Å². The zero-order valence-corrected chi connectivity index (χ0v) is 15.0. The molecule has 0 amide bonds. The molecule has 0 aliphatic rings. The van der Waals surface area contributed by atoms with Crippen LogP contribution in [-0.4, -0.2) is 43.4 Å². The zero-order valence-electron chi connectivity index (χ0n) is 15.0. The fourth-order valence-electron chi connectivity index (χ4n) is 3.32. The molecule has 24 heavy (non-hydrogen) atoms. The smallest absolute Gasteiger partial charge is 0.121 e. The third-order valence-corrected chi connectivity index (χ3v) is 4.76. The van der Waals surface area contributed by atoms with Gasteiger partial charge < -0.3 is 14.7 Å². The quantitative estimate of drug-likeness (QED) is 0.765. The summed E-state index contributed by atoms with van der Waals surface area (Å²) >= 11 is 0. The van der Waals surface area contributed by atoms with Crippen molar-refractivity contribution in [3.05, 3.63) is 71.8 Å². The Morgan fingerprint density at radius 1 is 0.917 bits per heavy atom. The maximum absolute atomic E-state index is 11.9. The van der Waals surface area contributed by atoms with Crippen LogP contribution in [0.15, 0.2) is 60.7 Å². The highest BCUT2D eigenvalue weighted by molar-refractivity contribution is 5.37. The van der Waals surface area contributed by atoms with Crippen molar-refractivity contribution in [2.75, 3.05) is 33.4 Å². The normalized spacial score (nSPS) is 13.2. The van der Waals surface area contributed by atoms with E-state index in [1.54, 1.807) is 7.11 Å². The second-order valence-corrected chi connectivity index (χ2v) is 6.14. The molecule has 0 bridgehead atoms. The molecule has 2 aromatic carbocycles. The minimum atomic E-state index is -1.08. The molecule has 1 N–H and O–H groups in total. The Morgan fingerprint density at radius 2 is 1.38 bits per heavy atom. The van der Waals surface area contributed by atoms with Gasteiger partial charge >= 0.3 is 0 Å². The molecular formula is C21H29NO2. The molecule has 1 unspecified atom stereocenters. The van der Waals surface area contributed by atoms with Crippen molar-refractivity contribution < 1.29 is 9.84 Å². The highest BCUT2D eigenvalue weighted by Crippen LogP contribution is 2.37. The largest absolute Gasteiger partial charge is 0.384 e. The van der Waals surface area contributed by atoms with E-state index in [1.165, 1.54) is 0 Å². The fraction of sp³-hybridized carbons (Fsp3) is 0.429. The minimum Gasteiger partial charge on any atom is -0.384 e. The molecule has 0 fully saturated rings. The van der Waals surface area contributed by atoms with Crippen LogP contribution in [-0.2, 0) is 10.3 Å². The summed E-state index contributed by atoms with van der Waals surface area (Å²) in [7, 11) is 1.70. The van der Waals surface area contributed by atoms with Gasteiger partial charge in [0.15, 0.2) is 0 Å². The van der Waals surface area contributed by atoms with Gasteiger partial charge in [0, 0.05) is 19.6 Å². The van der Waals surface area contributed by atoms with Crippen LogP contribution in [0, 0.1) is 5.92 Å². The van der Waals surface area contributed by atoms with Crippen LogP contribution < -0.4 is 0 Å². The molecule has 130 valence electrons. The molecular weight excluding hydrogens is 298 g/mol. The van der Waals surface area contributed by atoms with E-state index in [2.05, 4.69) is 18.7 Å². The summed E-state index contributed by atoms with van der Waals surface area (Å²) in [5.74, 6) is -0.0628. The fourth-order valence-corrected chi connectivity index (χ4v) is 3.32. The van der Waals surface area contributed by atoms with Crippen molar-refractivity contribution in [3.8, 4) is 0 Å². The van der Waals surface area contributed by atoms with Crippen molar-refractivity contribution >= 4 is 0 Å². The van der Waals surface area contributed by atoms with E-state index < -0.39 is 5.60 Å². The third-order valence-electron chi connectivity index (χ3n) is 4.76. The number of hydrogen-bond donors (Lipinski definition) is 1. The molecule has 0 saturated carbocycles. The highest BCUT2D eigenvalue weighted by Gasteiger charge is 2.40. The molecule has 3 nitrogen and oxygen atoms in total. The summed E-state index contributed by atoms with van der Waals surface area (Å²) in [6.45, 7) is 7.49. The lowest BCUT2D eigenvalue weighted by atomic mass is 9.76. The van der Waals surface area contributed by atoms with E-state index >= 15 is 0 Å². The van der Waals surface area contributed by atoms with E-state index in [9.17, 15) is 5.11 Å². The number of nitrogens with zero attached hydrogens (tertiary/aromatic N) is 1. The molecule has 0 radical (unpaired) electrons. The minimum absolute atomic E-state index is 0.0628. The van der Waals surface area contributed by atoms with Gasteiger partial charge in [-0.05, 0) is 24.2 Å². The number of benzene rings is 2. The van der Waals surface area contributed by atoms with Crippen molar-refractivity contribution in [3.63, 3.8) is 0 Å². The van der Waals surface area contributed by atoms with Crippen LogP contribution in [0.4, 0.5) is 0 Å². The van der Waals surface area contributed by atoms with E-state index in [0.29, 0.717) is 6.61 Å². The third kappa shape index (κ3) is 4.04. The second-order valence-electron chi connectivity index (χ2n) is 6.14. The highest BCUT2D eigenvalue weighted by atomic mass is 16.5. The van der Waals surface area contributed by atoms with Crippen LogP contribution in [0.3, 0.4) is 0 Å².